The van der Waals surface area contributed by atoms with Crippen LogP contribution in [0.5, 0.6) is 0 Å². The van der Waals surface area contributed by atoms with E-state index >= 15 is 0 Å². The highest BCUT2D eigenvalue weighted by atomic mass is 16.1. The molecular weight excluding hydrogens is 226 g/mol. The van der Waals surface area contributed by atoms with Gasteiger partial charge in [-0.15, -0.1) is 0 Å². The number of likely N-dealkylation sites (tertiary alicyclic amines) is 1. The van der Waals surface area contributed by atoms with Crippen LogP contribution >= 0.6 is 0 Å². The number of amides is 1. The van der Waals surface area contributed by atoms with E-state index < -0.39 is 0 Å². The van der Waals surface area contributed by atoms with Crippen molar-refractivity contribution in [3.05, 3.63) is 0 Å². The van der Waals surface area contributed by atoms with Gasteiger partial charge in [-0.25, -0.2) is 0 Å². The average Bonchev–Trinajstić information content (AvgIpc) is 2.96. The molecular formula is C14H27N3O. The lowest BCUT2D eigenvalue weighted by Gasteiger charge is -2.20. The monoisotopic (exact) mass is 253 g/mol. The van der Waals surface area contributed by atoms with Crippen LogP contribution in [0.1, 0.15) is 33.1 Å². The topological polar surface area (TPSA) is 44.4 Å². The molecule has 18 heavy (non-hydrogen) atoms. The Bertz CT molecular complexity index is 274. The summed E-state index contributed by atoms with van der Waals surface area (Å²) >= 11 is 0. The van der Waals surface area contributed by atoms with Crippen molar-refractivity contribution in [1.29, 1.82) is 0 Å². The summed E-state index contributed by atoms with van der Waals surface area (Å²) in [5, 5.41) is 6.42. The first-order valence-corrected chi connectivity index (χ1v) is 7.36. The molecule has 1 amide bonds. The Morgan fingerprint density at radius 3 is 2.83 bits per heavy atom. The summed E-state index contributed by atoms with van der Waals surface area (Å²) in [4.78, 5) is 14.3. The van der Waals surface area contributed by atoms with E-state index in [1.807, 2.05) is 0 Å². The maximum Gasteiger partial charge on any atom is 0.220 e. The normalized spacial score (nSPS) is 29.1. The van der Waals surface area contributed by atoms with E-state index in [1.165, 1.54) is 13.0 Å². The van der Waals surface area contributed by atoms with E-state index in [0.29, 0.717) is 24.3 Å². The quantitative estimate of drug-likeness (QED) is 0.763. The number of carbonyl (C=O) groups excluding carboxylic acids is 1. The molecule has 2 atom stereocenters. The number of hydrogen-bond acceptors (Lipinski definition) is 3. The average molecular weight is 253 g/mol. The Hall–Kier alpha value is -0.610. The van der Waals surface area contributed by atoms with Crippen LogP contribution < -0.4 is 10.6 Å². The van der Waals surface area contributed by atoms with E-state index in [4.69, 9.17) is 0 Å². The van der Waals surface area contributed by atoms with Crippen LogP contribution in [0.4, 0.5) is 0 Å². The molecule has 2 N–H and O–H groups in total. The van der Waals surface area contributed by atoms with E-state index in [1.54, 1.807) is 0 Å². The molecule has 0 radical (unpaired) electrons. The smallest absolute Gasteiger partial charge is 0.220 e. The first-order chi connectivity index (χ1) is 8.65. The third-order valence-corrected chi connectivity index (χ3v) is 4.27. The van der Waals surface area contributed by atoms with Gasteiger partial charge in [0, 0.05) is 25.6 Å². The predicted octanol–water partition coefficient (Wildman–Crippen LogP) is 0.833. The van der Waals surface area contributed by atoms with Crippen LogP contribution in [0.2, 0.25) is 0 Å². The molecule has 0 spiro atoms. The van der Waals surface area contributed by atoms with Gasteiger partial charge >= 0.3 is 0 Å². The Morgan fingerprint density at radius 2 is 2.22 bits per heavy atom. The van der Waals surface area contributed by atoms with Gasteiger partial charge < -0.3 is 15.5 Å². The molecule has 2 aliphatic heterocycles. The summed E-state index contributed by atoms with van der Waals surface area (Å²) in [5.74, 6) is 1.45. The van der Waals surface area contributed by atoms with Crippen molar-refractivity contribution in [2.45, 2.75) is 39.2 Å². The van der Waals surface area contributed by atoms with Gasteiger partial charge in [-0.05, 0) is 58.2 Å². The van der Waals surface area contributed by atoms with Gasteiger partial charge in [0.25, 0.3) is 0 Å². The molecule has 104 valence electrons. The largest absolute Gasteiger partial charge is 0.356 e. The Kier molecular flexibility index (Phi) is 5.01. The lowest BCUT2D eigenvalue weighted by Crippen LogP contribution is -2.33. The number of nitrogens with one attached hydrogen (secondary N) is 2. The molecule has 0 aromatic carbocycles. The second-order valence-corrected chi connectivity index (χ2v) is 6.11. The van der Waals surface area contributed by atoms with Crippen molar-refractivity contribution in [2.24, 2.45) is 11.8 Å². The molecule has 2 aliphatic rings. The highest BCUT2D eigenvalue weighted by molar-refractivity contribution is 5.76. The minimum Gasteiger partial charge on any atom is -0.356 e. The maximum atomic E-state index is 11.8. The predicted molar refractivity (Wildman–Crippen MR) is 73.4 cm³/mol. The first kappa shape index (κ1) is 13.8. The molecule has 2 unspecified atom stereocenters. The molecule has 0 bridgehead atoms. The van der Waals surface area contributed by atoms with Gasteiger partial charge in [0.15, 0.2) is 0 Å². The van der Waals surface area contributed by atoms with Gasteiger partial charge in [-0.2, -0.15) is 0 Å². The minimum absolute atomic E-state index is 0.242. The molecule has 0 aromatic heterocycles. The molecule has 4 nitrogen and oxygen atoms in total. The van der Waals surface area contributed by atoms with Crippen LogP contribution in [-0.4, -0.2) is 49.6 Å². The van der Waals surface area contributed by atoms with Crippen LogP contribution in [0, 0.1) is 11.8 Å². The van der Waals surface area contributed by atoms with Crippen molar-refractivity contribution in [3.63, 3.8) is 0 Å². The summed E-state index contributed by atoms with van der Waals surface area (Å²) < 4.78 is 0. The molecule has 2 fully saturated rings. The van der Waals surface area contributed by atoms with Crippen molar-refractivity contribution in [2.75, 3.05) is 32.7 Å². The van der Waals surface area contributed by atoms with Crippen molar-refractivity contribution in [3.8, 4) is 0 Å². The molecule has 2 saturated heterocycles. The van der Waals surface area contributed by atoms with Crippen molar-refractivity contribution < 1.29 is 4.79 Å². The van der Waals surface area contributed by atoms with E-state index in [-0.39, 0.29) is 5.91 Å². The van der Waals surface area contributed by atoms with Crippen LogP contribution in [0.15, 0.2) is 0 Å². The molecule has 0 aliphatic carbocycles. The van der Waals surface area contributed by atoms with Gasteiger partial charge in [-0.3, -0.25) is 4.79 Å². The zero-order chi connectivity index (χ0) is 13.0. The summed E-state index contributed by atoms with van der Waals surface area (Å²) in [6, 6.07) is 0.635. The highest BCUT2D eigenvalue weighted by Gasteiger charge is 2.25. The SMILES string of the molecule is CC(C)N1CCC(CNC(=O)CC2CCNC2)C1. The minimum atomic E-state index is 0.242. The third-order valence-electron chi connectivity index (χ3n) is 4.27. The fourth-order valence-corrected chi connectivity index (χ4v) is 2.98. The van der Waals surface area contributed by atoms with Crippen LogP contribution in [0.25, 0.3) is 0 Å². The first-order valence-electron chi connectivity index (χ1n) is 7.36. The van der Waals surface area contributed by atoms with Gasteiger partial charge in [0.1, 0.15) is 0 Å². The maximum absolute atomic E-state index is 11.8. The zero-order valence-corrected chi connectivity index (χ0v) is 11.7. The summed E-state index contributed by atoms with van der Waals surface area (Å²) in [5.41, 5.74) is 0. The Morgan fingerprint density at radius 1 is 1.39 bits per heavy atom. The summed E-state index contributed by atoms with van der Waals surface area (Å²) in [6.07, 6.45) is 3.08. The molecule has 0 saturated carbocycles. The van der Waals surface area contributed by atoms with Crippen LogP contribution in [0.3, 0.4) is 0 Å². The van der Waals surface area contributed by atoms with Crippen molar-refractivity contribution >= 4 is 5.91 Å². The summed E-state index contributed by atoms with van der Waals surface area (Å²) in [7, 11) is 0. The van der Waals surface area contributed by atoms with Gasteiger partial charge in [-0.1, -0.05) is 0 Å². The second-order valence-electron chi connectivity index (χ2n) is 6.11. The van der Waals surface area contributed by atoms with Crippen molar-refractivity contribution in [1.82, 2.24) is 15.5 Å². The second kappa shape index (κ2) is 6.53. The number of hydrogen-bond donors (Lipinski definition) is 2. The Balaban J connectivity index is 1.61. The van der Waals surface area contributed by atoms with Gasteiger partial charge in [0.2, 0.25) is 5.91 Å². The standard InChI is InChI=1S/C14H27N3O/c1-11(2)17-6-4-13(10-17)9-16-14(18)7-12-3-5-15-8-12/h11-13,15H,3-10H2,1-2H3,(H,16,18). The fourth-order valence-electron chi connectivity index (χ4n) is 2.98. The highest BCUT2D eigenvalue weighted by Crippen LogP contribution is 2.18. The Labute approximate surface area is 110 Å². The van der Waals surface area contributed by atoms with E-state index in [0.717, 1.165) is 32.6 Å². The van der Waals surface area contributed by atoms with Gasteiger partial charge in [0.05, 0.1) is 0 Å². The molecule has 2 heterocycles. The van der Waals surface area contributed by atoms with Crippen LogP contribution in [-0.2, 0) is 4.79 Å². The molecule has 0 aromatic rings. The lowest BCUT2D eigenvalue weighted by molar-refractivity contribution is -0.122. The number of rotatable bonds is 5. The number of nitrogens with zero attached hydrogens (tertiary/aromatic N) is 1. The lowest BCUT2D eigenvalue weighted by atomic mass is 10.0. The number of carbonyl (C=O) groups is 1. The fraction of sp³-hybridized carbons (Fsp3) is 0.929. The molecule has 4 heteroatoms. The zero-order valence-electron chi connectivity index (χ0n) is 11.7. The van der Waals surface area contributed by atoms with E-state index in [2.05, 4.69) is 29.4 Å². The summed E-state index contributed by atoms with van der Waals surface area (Å²) in [6.45, 7) is 9.76. The van der Waals surface area contributed by atoms with E-state index in [9.17, 15) is 4.79 Å². The third kappa shape index (κ3) is 3.95. The molecule has 2 rings (SSSR count).